The molecule has 1 aliphatic rings. The first-order valence-electron chi connectivity index (χ1n) is 6.70. The van der Waals surface area contributed by atoms with Crippen molar-refractivity contribution in [1.29, 1.82) is 0 Å². The third-order valence-corrected chi connectivity index (χ3v) is 3.42. The molecule has 108 valence electrons. The fraction of sp³-hybridized carbons (Fsp3) is 0.467. The molecule has 4 nitrogen and oxygen atoms in total. The van der Waals surface area contributed by atoms with E-state index in [1.165, 1.54) is 17.0 Å². The summed E-state index contributed by atoms with van der Waals surface area (Å²) in [7, 11) is 0. The Morgan fingerprint density at radius 1 is 1.25 bits per heavy atom. The fourth-order valence-electron chi connectivity index (χ4n) is 2.62. The number of hydrogen-bond donors (Lipinski definition) is 1. The van der Waals surface area contributed by atoms with E-state index >= 15 is 0 Å². The number of benzene rings is 1. The highest BCUT2D eigenvalue weighted by Gasteiger charge is 2.47. The van der Waals surface area contributed by atoms with Crippen molar-refractivity contribution in [1.82, 2.24) is 10.2 Å². The molecular formula is C15H19FN2O2. The van der Waals surface area contributed by atoms with Crippen LogP contribution in [0.4, 0.5) is 9.18 Å². The minimum absolute atomic E-state index is 0.165. The number of nitrogens with zero attached hydrogens (tertiary/aromatic N) is 1. The normalized spacial score (nSPS) is 22.6. The lowest BCUT2D eigenvalue weighted by molar-refractivity contribution is -0.131. The lowest BCUT2D eigenvalue weighted by atomic mass is 9.91. The number of carbonyl (C=O) groups is 2. The van der Waals surface area contributed by atoms with E-state index in [-0.39, 0.29) is 24.3 Å². The van der Waals surface area contributed by atoms with Crippen LogP contribution in [-0.2, 0) is 11.3 Å². The average molecular weight is 278 g/mol. The van der Waals surface area contributed by atoms with Crippen molar-refractivity contribution in [2.45, 2.75) is 39.3 Å². The first kappa shape index (κ1) is 14.5. The van der Waals surface area contributed by atoms with Crippen LogP contribution >= 0.6 is 0 Å². The molecule has 1 fully saturated rings. The van der Waals surface area contributed by atoms with Gasteiger partial charge in [-0.1, -0.05) is 26.0 Å². The predicted octanol–water partition coefficient (Wildman–Crippen LogP) is 2.68. The summed E-state index contributed by atoms with van der Waals surface area (Å²) in [6, 6.07) is 5.41. The monoisotopic (exact) mass is 278 g/mol. The molecular weight excluding hydrogens is 259 g/mol. The molecule has 0 radical (unpaired) electrons. The van der Waals surface area contributed by atoms with E-state index in [2.05, 4.69) is 5.32 Å². The van der Waals surface area contributed by atoms with Gasteiger partial charge in [-0.3, -0.25) is 9.69 Å². The van der Waals surface area contributed by atoms with Crippen molar-refractivity contribution in [3.63, 3.8) is 0 Å². The summed E-state index contributed by atoms with van der Waals surface area (Å²) in [5.41, 5.74) is -0.116. The fourth-order valence-corrected chi connectivity index (χ4v) is 2.62. The molecule has 1 atom stereocenters. The molecule has 5 heteroatoms. The Hall–Kier alpha value is -1.91. The molecule has 1 N–H and O–H groups in total. The van der Waals surface area contributed by atoms with Gasteiger partial charge in [0.25, 0.3) is 5.91 Å². The lowest BCUT2D eigenvalue weighted by Gasteiger charge is -2.23. The number of carbonyl (C=O) groups excluding carboxylic acids is 2. The highest BCUT2D eigenvalue weighted by atomic mass is 19.1. The second-order valence-corrected chi connectivity index (χ2v) is 5.88. The number of urea groups is 1. The van der Waals surface area contributed by atoms with Gasteiger partial charge in [0.15, 0.2) is 0 Å². The molecule has 1 aromatic rings. The summed E-state index contributed by atoms with van der Waals surface area (Å²) >= 11 is 0. The van der Waals surface area contributed by atoms with E-state index < -0.39 is 5.54 Å². The number of amides is 3. The third-order valence-electron chi connectivity index (χ3n) is 3.42. The molecule has 1 saturated heterocycles. The Labute approximate surface area is 118 Å². The Morgan fingerprint density at radius 2 is 1.85 bits per heavy atom. The molecule has 0 aromatic heterocycles. The van der Waals surface area contributed by atoms with Crippen LogP contribution in [0.5, 0.6) is 0 Å². The van der Waals surface area contributed by atoms with Crippen LogP contribution in [0.2, 0.25) is 0 Å². The van der Waals surface area contributed by atoms with Crippen LogP contribution < -0.4 is 5.32 Å². The first-order chi connectivity index (χ1) is 9.32. The molecule has 0 spiro atoms. The number of halogens is 1. The zero-order valence-corrected chi connectivity index (χ0v) is 11.9. The molecule has 1 heterocycles. The highest BCUT2D eigenvalue weighted by molar-refractivity contribution is 6.06. The second kappa shape index (κ2) is 5.23. The van der Waals surface area contributed by atoms with Crippen LogP contribution in [0.1, 0.15) is 32.8 Å². The Morgan fingerprint density at radius 3 is 2.40 bits per heavy atom. The van der Waals surface area contributed by atoms with E-state index in [4.69, 9.17) is 0 Å². The summed E-state index contributed by atoms with van der Waals surface area (Å²) in [6.45, 7) is 5.93. The molecule has 1 aliphatic heterocycles. The van der Waals surface area contributed by atoms with Gasteiger partial charge in [0, 0.05) is 0 Å². The van der Waals surface area contributed by atoms with Gasteiger partial charge in [-0.15, -0.1) is 0 Å². The van der Waals surface area contributed by atoms with Crippen LogP contribution in [0.3, 0.4) is 0 Å². The second-order valence-electron chi connectivity index (χ2n) is 5.88. The smallest absolute Gasteiger partial charge is 0.323 e. The minimum atomic E-state index is -0.842. The topological polar surface area (TPSA) is 49.4 Å². The van der Waals surface area contributed by atoms with Gasteiger partial charge in [0.2, 0.25) is 0 Å². The predicted molar refractivity (Wildman–Crippen MR) is 73.3 cm³/mol. The summed E-state index contributed by atoms with van der Waals surface area (Å²) in [6.07, 6.45) is 0.595. The Kier molecular flexibility index (Phi) is 3.79. The third kappa shape index (κ3) is 2.81. The van der Waals surface area contributed by atoms with Crippen molar-refractivity contribution in [2.75, 3.05) is 0 Å². The van der Waals surface area contributed by atoms with Crippen LogP contribution in [0.25, 0.3) is 0 Å². The summed E-state index contributed by atoms with van der Waals surface area (Å²) < 4.78 is 12.9. The molecule has 0 aliphatic carbocycles. The van der Waals surface area contributed by atoms with Gasteiger partial charge in [0.1, 0.15) is 11.4 Å². The Balaban J connectivity index is 2.15. The standard InChI is InChI=1S/C15H19FN2O2/c1-10(2)8-15(3)13(19)18(14(20)17-15)9-11-4-6-12(16)7-5-11/h4-7,10H,8-9H2,1-3H3,(H,17,20). The molecule has 2 rings (SSSR count). The molecule has 3 amide bonds. The quantitative estimate of drug-likeness (QED) is 0.861. The molecule has 1 aromatic carbocycles. The number of imide groups is 1. The van der Waals surface area contributed by atoms with Crippen molar-refractivity contribution < 1.29 is 14.0 Å². The first-order valence-corrected chi connectivity index (χ1v) is 6.70. The SMILES string of the molecule is CC(C)CC1(C)NC(=O)N(Cc2ccc(F)cc2)C1=O. The maximum absolute atomic E-state index is 12.9. The Bertz CT molecular complexity index is 527. The summed E-state index contributed by atoms with van der Waals surface area (Å²) in [5.74, 6) is -0.258. The van der Waals surface area contributed by atoms with Crippen LogP contribution in [0.15, 0.2) is 24.3 Å². The van der Waals surface area contributed by atoms with Crippen LogP contribution in [0, 0.1) is 11.7 Å². The number of hydrogen-bond acceptors (Lipinski definition) is 2. The van der Waals surface area contributed by atoms with Gasteiger partial charge in [0.05, 0.1) is 6.54 Å². The van der Waals surface area contributed by atoms with Gasteiger partial charge in [-0.2, -0.15) is 0 Å². The molecule has 0 saturated carbocycles. The van der Waals surface area contributed by atoms with Crippen LogP contribution in [-0.4, -0.2) is 22.4 Å². The van der Waals surface area contributed by atoms with Crippen molar-refractivity contribution >= 4 is 11.9 Å². The lowest BCUT2D eigenvalue weighted by Crippen LogP contribution is -2.44. The summed E-state index contributed by atoms with van der Waals surface area (Å²) in [4.78, 5) is 25.6. The largest absolute Gasteiger partial charge is 0.325 e. The van der Waals surface area contributed by atoms with E-state index in [0.29, 0.717) is 12.3 Å². The maximum Gasteiger partial charge on any atom is 0.325 e. The van der Waals surface area contributed by atoms with E-state index in [1.807, 2.05) is 13.8 Å². The maximum atomic E-state index is 12.9. The van der Waals surface area contributed by atoms with E-state index in [0.717, 1.165) is 5.56 Å². The number of rotatable bonds is 4. The minimum Gasteiger partial charge on any atom is -0.323 e. The molecule has 20 heavy (non-hydrogen) atoms. The van der Waals surface area contributed by atoms with E-state index in [1.54, 1.807) is 19.1 Å². The molecule has 0 bridgehead atoms. The van der Waals surface area contributed by atoms with Crippen molar-refractivity contribution in [2.24, 2.45) is 5.92 Å². The highest BCUT2D eigenvalue weighted by Crippen LogP contribution is 2.26. The van der Waals surface area contributed by atoms with E-state index in [9.17, 15) is 14.0 Å². The van der Waals surface area contributed by atoms with Gasteiger partial charge >= 0.3 is 6.03 Å². The van der Waals surface area contributed by atoms with Crippen molar-refractivity contribution in [3.8, 4) is 0 Å². The molecule has 1 unspecified atom stereocenters. The zero-order valence-electron chi connectivity index (χ0n) is 11.9. The summed E-state index contributed by atoms with van der Waals surface area (Å²) in [5, 5.41) is 2.76. The number of nitrogens with one attached hydrogen (secondary N) is 1. The van der Waals surface area contributed by atoms with Gasteiger partial charge in [-0.05, 0) is 37.0 Å². The average Bonchev–Trinajstić information content (AvgIpc) is 2.54. The van der Waals surface area contributed by atoms with Crippen molar-refractivity contribution in [3.05, 3.63) is 35.6 Å². The van der Waals surface area contributed by atoms with Gasteiger partial charge in [-0.25, -0.2) is 9.18 Å². The van der Waals surface area contributed by atoms with Gasteiger partial charge < -0.3 is 5.32 Å². The zero-order chi connectivity index (χ0) is 14.9.